The highest BCUT2D eigenvalue weighted by atomic mass is 127. The first-order valence-electron chi connectivity index (χ1n) is 9.99. The van der Waals surface area contributed by atoms with Gasteiger partial charge in [-0.2, -0.15) is 0 Å². The molecule has 1 amide bonds. The normalized spacial score (nSPS) is 11.9. The lowest BCUT2D eigenvalue weighted by molar-refractivity contribution is 0.0955. The Bertz CT molecular complexity index is 790. The van der Waals surface area contributed by atoms with Crippen molar-refractivity contribution in [3.05, 3.63) is 70.8 Å². The molecular formula is C23H33IN4O. The topological polar surface area (TPSA) is 65.5 Å². The number of nitrogens with zero attached hydrogens (tertiary/aromatic N) is 1. The van der Waals surface area contributed by atoms with Crippen molar-refractivity contribution in [2.24, 2.45) is 4.99 Å². The number of aryl methyl sites for hydroxylation is 1. The number of halogens is 1. The van der Waals surface area contributed by atoms with Gasteiger partial charge < -0.3 is 16.0 Å². The van der Waals surface area contributed by atoms with E-state index in [-0.39, 0.29) is 29.9 Å². The predicted molar refractivity (Wildman–Crippen MR) is 132 cm³/mol. The first kappa shape index (κ1) is 24.9. The Balaban J connectivity index is 0.00000420. The summed E-state index contributed by atoms with van der Waals surface area (Å²) in [5, 5.41) is 9.53. The highest BCUT2D eigenvalue weighted by Gasteiger charge is 2.07. The minimum atomic E-state index is -0.0507. The Hall–Kier alpha value is -2.09. The van der Waals surface area contributed by atoms with E-state index >= 15 is 0 Å². The molecule has 2 aromatic carbocycles. The van der Waals surface area contributed by atoms with E-state index in [0.717, 1.165) is 24.6 Å². The minimum Gasteiger partial charge on any atom is -0.357 e. The largest absolute Gasteiger partial charge is 0.357 e. The van der Waals surface area contributed by atoms with Crippen molar-refractivity contribution in [3.8, 4) is 0 Å². The fourth-order valence-electron chi connectivity index (χ4n) is 2.85. The summed E-state index contributed by atoms with van der Waals surface area (Å²) in [5.41, 5.74) is 4.25. The number of amides is 1. The van der Waals surface area contributed by atoms with E-state index in [1.54, 1.807) is 0 Å². The van der Waals surface area contributed by atoms with Gasteiger partial charge in [-0.15, -0.1) is 24.0 Å². The van der Waals surface area contributed by atoms with Gasteiger partial charge >= 0.3 is 0 Å². The number of carbonyl (C=O) groups is 1. The van der Waals surface area contributed by atoms with Crippen molar-refractivity contribution in [2.45, 2.75) is 40.2 Å². The smallest absolute Gasteiger partial charge is 0.251 e. The van der Waals surface area contributed by atoms with E-state index < -0.39 is 0 Å². The number of guanidine groups is 1. The third-order valence-electron chi connectivity index (χ3n) is 4.51. The zero-order chi connectivity index (χ0) is 20.4. The molecule has 1 unspecified atom stereocenters. The average molecular weight is 508 g/mol. The summed E-state index contributed by atoms with van der Waals surface area (Å²) in [6.45, 7) is 11.0. The van der Waals surface area contributed by atoms with Crippen LogP contribution in [0.15, 0.2) is 53.5 Å². The molecule has 0 aromatic heterocycles. The van der Waals surface area contributed by atoms with Crippen molar-refractivity contribution in [3.63, 3.8) is 0 Å². The number of hydrogen-bond donors (Lipinski definition) is 3. The van der Waals surface area contributed by atoms with Crippen LogP contribution in [0.4, 0.5) is 0 Å². The van der Waals surface area contributed by atoms with Crippen molar-refractivity contribution >= 4 is 35.8 Å². The lowest BCUT2D eigenvalue weighted by Crippen LogP contribution is -2.39. The lowest BCUT2D eigenvalue weighted by Gasteiger charge is -2.16. The number of benzene rings is 2. The summed E-state index contributed by atoms with van der Waals surface area (Å²) in [6, 6.07) is 16.3. The number of aliphatic imine (C=N–C) groups is 1. The van der Waals surface area contributed by atoms with Crippen LogP contribution in [0.3, 0.4) is 0 Å². The minimum absolute atomic E-state index is 0. The second kappa shape index (κ2) is 13.2. The maximum Gasteiger partial charge on any atom is 0.251 e. The van der Waals surface area contributed by atoms with Gasteiger partial charge in [-0.1, -0.05) is 48.9 Å². The summed E-state index contributed by atoms with van der Waals surface area (Å²) in [7, 11) is 0. The molecule has 158 valence electrons. The van der Waals surface area contributed by atoms with Crippen LogP contribution in [0, 0.1) is 6.92 Å². The van der Waals surface area contributed by atoms with Gasteiger partial charge in [0.15, 0.2) is 5.96 Å². The quantitative estimate of drug-likeness (QED) is 0.284. The average Bonchev–Trinajstić information content (AvgIpc) is 2.70. The Kier molecular flexibility index (Phi) is 11.3. The summed E-state index contributed by atoms with van der Waals surface area (Å²) in [5.74, 6) is 1.11. The van der Waals surface area contributed by atoms with Crippen LogP contribution in [0.25, 0.3) is 0 Å². The Morgan fingerprint density at radius 3 is 2.34 bits per heavy atom. The molecule has 0 aliphatic rings. The van der Waals surface area contributed by atoms with Crippen LogP contribution in [0.5, 0.6) is 0 Å². The highest BCUT2D eigenvalue weighted by molar-refractivity contribution is 14.0. The molecule has 0 radical (unpaired) electrons. The molecule has 0 heterocycles. The van der Waals surface area contributed by atoms with Crippen molar-refractivity contribution in [1.29, 1.82) is 0 Å². The number of rotatable bonds is 8. The maximum atomic E-state index is 12.0. The van der Waals surface area contributed by atoms with Gasteiger partial charge in [0.05, 0.1) is 6.54 Å². The molecule has 0 fully saturated rings. The van der Waals surface area contributed by atoms with E-state index in [0.29, 0.717) is 24.6 Å². The molecule has 0 bridgehead atoms. The lowest BCUT2D eigenvalue weighted by atomic mass is 10.0. The van der Waals surface area contributed by atoms with Crippen LogP contribution >= 0.6 is 24.0 Å². The van der Waals surface area contributed by atoms with E-state index in [1.807, 2.05) is 31.2 Å². The van der Waals surface area contributed by atoms with Crippen molar-refractivity contribution in [2.75, 3.05) is 19.6 Å². The van der Waals surface area contributed by atoms with Crippen LogP contribution < -0.4 is 16.0 Å². The van der Waals surface area contributed by atoms with Crippen molar-refractivity contribution < 1.29 is 4.79 Å². The summed E-state index contributed by atoms with van der Waals surface area (Å²) < 4.78 is 0. The van der Waals surface area contributed by atoms with Gasteiger partial charge in [-0.3, -0.25) is 4.79 Å². The molecular weight excluding hydrogens is 475 g/mol. The Labute approximate surface area is 191 Å². The molecule has 6 heteroatoms. The zero-order valence-electron chi connectivity index (χ0n) is 17.8. The van der Waals surface area contributed by atoms with Crippen LogP contribution in [0.2, 0.25) is 0 Å². The van der Waals surface area contributed by atoms with Crippen molar-refractivity contribution in [1.82, 2.24) is 16.0 Å². The molecule has 5 nitrogen and oxygen atoms in total. The fraction of sp³-hybridized carbons (Fsp3) is 0.391. The number of carbonyl (C=O) groups excluding carboxylic acids is 1. The third kappa shape index (κ3) is 8.43. The van der Waals surface area contributed by atoms with Crippen LogP contribution in [0.1, 0.15) is 53.7 Å². The second-order valence-electron chi connectivity index (χ2n) is 6.95. The molecule has 29 heavy (non-hydrogen) atoms. The number of nitrogens with one attached hydrogen (secondary N) is 3. The Morgan fingerprint density at radius 2 is 1.69 bits per heavy atom. The van der Waals surface area contributed by atoms with E-state index in [4.69, 9.17) is 0 Å². The first-order chi connectivity index (χ1) is 13.5. The first-order valence-corrected chi connectivity index (χ1v) is 9.99. The highest BCUT2D eigenvalue weighted by Crippen LogP contribution is 2.14. The van der Waals surface area contributed by atoms with Gasteiger partial charge in [-0.05, 0) is 49.9 Å². The van der Waals surface area contributed by atoms with Gasteiger partial charge in [0, 0.05) is 25.2 Å². The van der Waals surface area contributed by atoms with E-state index in [1.165, 1.54) is 11.1 Å². The third-order valence-corrected chi connectivity index (χ3v) is 4.51. The maximum absolute atomic E-state index is 12.0. The monoisotopic (exact) mass is 508 g/mol. The molecule has 0 saturated heterocycles. The Morgan fingerprint density at radius 1 is 1.00 bits per heavy atom. The second-order valence-corrected chi connectivity index (χ2v) is 6.95. The molecule has 1 atom stereocenters. The van der Waals surface area contributed by atoms with Gasteiger partial charge in [0.25, 0.3) is 5.91 Å². The predicted octanol–water partition coefficient (Wildman–Crippen LogP) is 4.22. The molecule has 0 saturated carbocycles. The molecule has 3 N–H and O–H groups in total. The van der Waals surface area contributed by atoms with Crippen LogP contribution in [-0.4, -0.2) is 31.5 Å². The standard InChI is InChI=1S/C23H32N4O.HI/c1-5-24-22(28)21-9-7-8-19(14-21)16-27-23(25-6-2)26-15-18(4)20-12-10-17(3)11-13-20;/h7-14,18H,5-6,15-16H2,1-4H3,(H,24,28)(H2,25,26,27);1H. The summed E-state index contributed by atoms with van der Waals surface area (Å²) in [4.78, 5) is 16.7. The number of hydrogen-bond acceptors (Lipinski definition) is 2. The summed E-state index contributed by atoms with van der Waals surface area (Å²) >= 11 is 0. The van der Waals surface area contributed by atoms with Gasteiger partial charge in [-0.25, -0.2) is 4.99 Å². The van der Waals surface area contributed by atoms with E-state index in [9.17, 15) is 4.79 Å². The molecule has 0 aliphatic heterocycles. The molecule has 2 aromatic rings. The fourth-order valence-corrected chi connectivity index (χ4v) is 2.85. The zero-order valence-corrected chi connectivity index (χ0v) is 20.1. The van der Waals surface area contributed by atoms with Gasteiger partial charge in [0.2, 0.25) is 0 Å². The molecule has 2 rings (SSSR count). The summed E-state index contributed by atoms with van der Waals surface area (Å²) in [6.07, 6.45) is 0. The molecule has 0 spiro atoms. The SMILES string of the molecule is CCNC(=O)c1cccc(CN=C(NCC)NCC(C)c2ccc(C)cc2)c1.I. The van der Waals surface area contributed by atoms with Crippen LogP contribution in [-0.2, 0) is 6.54 Å². The van der Waals surface area contributed by atoms with E-state index in [2.05, 4.69) is 66.0 Å². The molecule has 0 aliphatic carbocycles. The van der Waals surface area contributed by atoms with Gasteiger partial charge in [0.1, 0.15) is 0 Å².